The molecule has 4 rings (SSSR count). The molecule has 0 bridgehead atoms. The van der Waals surface area contributed by atoms with Crippen LogP contribution in [-0.4, -0.2) is 16.7 Å². The van der Waals surface area contributed by atoms with Gasteiger partial charge in [0.2, 0.25) is 0 Å². The summed E-state index contributed by atoms with van der Waals surface area (Å²) in [6.07, 6.45) is 1.89. The molecule has 0 spiro atoms. The molecule has 0 aromatic heterocycles. The molecule has 170 valence electrons. The Bertz CT molecular complexity index is 1280. The van der Waals surface area contributed by atoms with Crippen LogP contribution in [0.2, 0.25) is 0 Å². The summed E-state index contributed by atoms with van der Waals surface area (Å²) < 4.78 is 0. The van der Waals surface area contributed by atoms with Gasteiger partial charge in [0.25, 0.3) is 5.91 Å². The third-order valence-electron chi connectivity index (χ3n) is 6.10. The number of hydrazone groups is 1. The Morgan fingerprint density at radius 1 is 0.848 bits per heavy atom. The van der Waals surface area contributed by atoms with Crippen LogP contribution in [0.3, 0.4) is 0 Å². The number of phenolic OH excluding ortho intramolecular Hbond substituents is 1. The Hall–Kier alpha value is -3.40. The van der Waals surface area contributed by atoms with Gasteiger partial charge < -0.3 is 5.11 Å². The van der Waals surface area contributed by atoms with Crippen molar-refractivity contribution in [3.05, 3.63) is 76.9 Å². The van der Waals surface area contributed by atoms with E-state index < -0.39 is 0 Å². The monoisotopic (exact) mass is 440 g/mol. The molecule has 4 heteroatoms. The maximum Gasteiger partial charge on any atom is 0.280 e. The molecule has 0 saturated carbocycles. The summed E-state index contributed by atoms with van der Waals surface area (Å²) in [7, 11) is 0. The Morgan fingerprint density at radius 3 is 2.00 bits per heavy atom. The lowest BCUT2D eigenvalue weighted by Crippen LogP contribution is -2.21. The molecule has 0 saturated heterocycles. The normalized spacial score (nSPS) is 16.1. The lowest BCUT2D eigenvalue weighted by Gasteiger charge is -2.28. The van der Waals surface area contributed by atoms with Crippen LogP contribution in [0, 0.1) is 0 Å². The van der Waals surface area contributed by atoms with E-state index in [-0.39, 0.29) is 16.7 Å². The van der Waals surface area contributed by atoms with Gasteiger partial charge in [0, 0.05) is 11.1 Å². The smallest absolute Gasteiger partial charge is 0.280 e. The Morgan fingerprint density at radius 2 is 1.42 bits per heavy atom. The average Bonchev–Trinajstić information content (AvgIpc) is 3.01. The number of nitrogens with zero attached hydrogens (tertiary/aromatic N) is 2. The van der Waals surface area contributed by atoms with Crippen molar-refractivity contribution in [1.82, 2.24) is 0 Å². The number of carbonyl (C=O) groups excluding carboxylic acids is 1. The number of carbonyl (C=O) groups is 1. The number of anilines is 1. The molecule has 1 amide bonds. The second kappa shape index (κ2) is 7.87. The number of amides is 1. The number of hydrogen-bond donors (Lipinski definition) is 1. The lowest BCUT2D eigenvalue weighted by atomic mass is 9.78. The zero-order valence-corrected chi connectivity index (χ0v) is 20.5. The first-order valence-corrected chi connectivity index (χ1v) is 11.3. The Balaban J connectivity index is 1.78. The molecule has 1 heterocycles. The van der Waals surface area contributed by atoms with Gasteiger partial charge in [0.1, 0.15) is 5.75 Å². The molecule has 0 unspecified atom stereocenters. The van der Waals surface area contributed by atoms with Gasteiger partial charge in [-0.2, -0.15) is 10.1 Å². The van der Waals surface area contributed by atoms with Crippen LogP contribution in [0.15, 0.2) is 65.3 Å². The molecule has 4 nitrogen and oxygen atoms in total. The quantitative estimate of drug-likeness (QED) is 0.439. The van der Waals surface area contributed by atoms with Crippen LogP contribution in [-0.2, 0) is 15.6 Å². The highest BCUT2D eigenvalue weighted by atomic mass is 16.3. The minimum absolute atomic E-state index is 0.148. The van der Waals surface area contributed by atoms with Crippen molar-refractivity contribution >= 4 is 34.2 Å². The van der Waals surface area contributed by atoms with Crippen molar-refractivity contribution in [2.24, 2.45) is 5.10 Å². The van der Waals surface area contributed by atoms with Gasteiger partial charge in [-0.15, -0.1) is 0 Å². The summed E-state index contributed by atoms with van der Waals surface area (Å²) in [4.78, 5) is 13.4. The van der Waals surface area contributed by atoms with Gasteiger partial charge in [-0.1, -0.05) is 71.9 Å². The molecule has 3 aromatic rings. The molecule has 0 atom stereocenters. The van der Waals surface area contributed by atoms with E-state index in [1.54, 1.807) is 0 Å². The summed E-state index contributed by atoms with van der Waals surface area (Å²) in [6.45, 7) is 14.4. The van der Waals surface area contributed by atoms with E-state index in [4.69, 9.17) is 0 Å². The van der Waals surface area contributed by atoms with Crippen LogP contribution in [0.1, 0.15) is 65.2 Å². The fourth-order valence-corrected chi connectivity index (χ4v) is 4.22. The number of benzene rings is 3. The average molecular weight is 441 g/mol. The van der Waals surface area contributed by atoms with Crippen molar-refractivity contribution in [2.45, 2.75) is 59.3 Å². The number of rotatable bonds is 2. The van der Waals surface area contributed by atoms with Gasteiger partial charge in [0.05, 0.1) is 17.0 Å². The maximum atomic E-state index is 13.4. The number of hydrogen-bond acceptors (Lipinski definition) is 3. The molecular formula is C29H32N2O2. The molecule has 1 N–H and O–H groups in total. The summed E-state index contributed by atoms with van der Waals surface area (Å²) >= 11 is 0. The predicted octanol–water partition coefficient (Wildman–Crippen LogP) is 6.95. The van der Waals surface area contributed by atoms with Crippen molar-refractivity contribution < 1.29 is 9.90 Å². The number of fused-ring (bicyclic) bond motifs is 1. The van der Waals surface area contributed by atoms with Crippen LogP contribution < -0.4 is 5.01 Å². The highest BCUT2D eigenvalue weighted by molar-refractivity contribution is 6.32. The van der Waals surface area contributed by atoms with E-state index in [1.165, 1.54) is 5.01 Å². The minimum Gasteiger partial charge on any atom is -0.507 e. The standard InChI is InChI=1S/C29H32N2O2/c1-18-23(14-19-15-24(28(2,3)4)26(32)25(16-19)29(5,6)7)27(33)31(30-18)22-13-12-20-10-8-9-11-21(20)17-22/h8-17,32H,1-7H3/b23-14+. The van der Waals surface area contributed by atoms with Crippen LogP contribution >= 0.6 is 0 Å². The topological polar surface area (TPSA) is 52.9 Å². The summed E-state index contributed by atoms with van der Waals surface area (Å²) in [6, 6.07) is 18.0. The molecule has 0 radical (unpaired) electrons. The Labute approximate surface area is 196 Å². The molecule has 33 heavy (non-hydrogen) atoms. The number of phenols is 1. The molecule has 1 aliphatic heterocycles. The largest absolute Gasteiger partial charge is 0.507 e. The van der Waals surface area contributed by atoms with E-state index in [0.29, 0.717) is 17.0 Å². The van der Waals surface area contributed by atoms with E-state index in [0.717, 1.165) is 33.2 Å². The highest BCUT2D eigenvalue weighted by Crippen LogP contribution is 2.40. The lowest BCUT2D eigenvalue weighted by molar-refractivity contribution is -0.114. The minimum atomic E-state index is -0.238. The third-order valence-corrected chi connectivity index (χ3v) is 6.10. The molecule has 1 aliphatic rings. The summed E-state index contributed by atoms with van der Waals surface area (Å²) in [5.41, 5.74) is 4.14. The fraction of sp³-hybridized carbons (Fsp3) is 0.310. The molecule has 0 aliphatic carbocycles. The van der Waals surface area contributed by atoms with Crippen molar-refractivity contribution in [2.75, 3.05) is 5.01 Å². The summed E-state index contributed by atoms with van der Waals surface area (Å²) in [5, 5.41) is 19.2. The fourth-order valence-electron chi connectivity index (χ4n) is 4.22. The van der Waals surface area contributed by atoms with E-state index in [2.05, 4.69) is 52.7 Å². The second-order valence-electron chi connectivity index (χ2n) is 10.9. The summed E-state index contributed by atoms with van der Waals surface area (Å²) in [5.74, 6) is 0.184. The SMILES string of the molecule is CC1=NN(c2ccc3ccccc3c2)C(=O)/C1=C/c1cc(C(C)(C)C)c(O)c(C(C)(C)C)c1. The second-order valence-corrected chi connectivity index (χ2v) is 10.9. The first kappa shape index (κ1) is 22.8. The van der Waals surface area contributed by atoms with E-state index in [9.17, 15) is 9.90 Å². The van der Waals surface area contributed by atoms with E-state index in [1.807, 2.05) is 61.5 Å². The van der Waals surface area contributed by atoms with Gasteiger partial charge in [-0.05, 0) is 64.4 Å². The van der Waals surface area contributed by atoms with Crippen molar-refractivity contribution in [3.8, 4) is 5.75 Å². The van der Waals surface area contributed by atoms with Gasteiger partial charge in [0.15, 0.2) is 0 Å². The Kier molecular flexibility index (Phi) is 5.44. The van der Waals surface area contributed by atoms with Crippen molar-refractivity contribution in [1.29, 1.82) is 0 Å². The predicted molar refractivity (Wildman–Crippen MR) is 138 cm³/mol. The first-order chi connectivity index (χ1) is 15.4. The van der Waals surface area contributed by atoms with Crippen LogP contribution in [0.5, 0.6) is 5.75 Å². The molecular weight excluding hydrogens is 408 g/mol. The zero-order chi connectivity index (χ0) is 24.1. The van der Waals surface area contributed by atoms with Crippen LogP contribution in [0.4, 0.5) is 5.69 Å². The number of aromatic hydroxyl groups is 1. The van der Waals surface area contributed by atoms with Gasteiger partial charge in [-0.3, -0.25) is 4.79 Å². The molecule has 3 aromatic carbocycles. The zero-order valence-electron chi connectivity index (χ0n) is 20.5. The van der Waals surface area contributed by atoms with Gasteiger partial charge >= 0.3 is 0 Å². The third kappa shape index (κ3) is 4.30. The molecule has 0 fully saturated rings. The highest BCUT2D eigenvalue weighted by Gasteiger charge is 2.30. The first-order valence-electron chi connectivity index (χ1n) is 11.3. The maximum absolute atomic E-state index is 13.4. The van der Waals surface area contributed by atoms with Crippen LogP contribution in [0.25, 0.3) is 16.8 Å². The van der Waals surface area contributed by atoms with Crippen molar-refractivity contribution in [3.63, 3.8) is 0 Å². The van der Waals surface area contributed by atoms with E-state index >= 15 is 0 Å². The van der Waals surface area contributed by atoms with Gasteiger partial charge in [-0.25, -0.2) is 0 Å².